The van der Waals surface area contributed by atoms with Crippen LogP contribution in [-0.4, -0.2) is 23.1 Å². The number of carboxylic acids is 1. The predicted octanol–water partition coefficient (Wildman–Crippen LogP) is 1.05. The summed E-state index contributed by atoms with van der Waals surface area (Å²) in [7, 11) is 0. The van der Waals surface area contributed by atoms with Gasteiger partial charge < -0.3 is 9.84 Å². The molecule has 0 unspecified atom stereocenters. The Labute approximate surface area is 76.9 Å². The van der Waals surface area contributed by atoms with Crippen LogP contribution in [0.4, 0.5) is 0 Å². The van der Waals surface area contributed by atoms with Crippen LogP contribution in [0.25, 0.3) is 0 Å². The summed E-state index contributed by atoms with van der Waals surface area (Å²) < 4.78 is 4.60. The number of hydrogen-bond donors (Lipinski definition) is 1. The fraction of sp³-hybridized carbons (Fsp3) is 0.778. The molecule has 0 aliphatic carbocycles. The summed E-state index contributed by atoms with van der Waals surface area (Å²) in [6, 6.07) is 0. The van der Waals surface area contributed by atoms with Gasteiger partial charge in [0.05, 0.1) is 0 Å². The van der Waals surface area contributed by atoms with Gasteiger partial charge in [0.25, 0.3) is 0 Å². The lowest BCUT2D eigenvalue weighted by Gasteiger charge is -2.45. The zero-order chi connectivity index (χ0) is 10.2. The summed E-state index contributed by atoms with van der Waals surface area (Å²) in [4.78, 5) is 21.9. The van der Waals surface area contributed by atoms with Crippen LogP contribution in [0.3, 0.4) is 0 Å². The van der Waals surface area contributed by atoms with Crippen molar-refractivity contribution < 1.29 is 19.4 Å². The van der Waals surface area contributed by atoms with Crippen LogP contribution in [0.1, 0.15) is 27.2 Å². The van der Waals surface area contributed by atoms with E-state index in [-0.39, 0.29) is 5.92 Å². The lowest BCUT2D eigenvalue weighted by molar-refractivity contribution is -0.219. The molecule has 0 amide bonds. The smallest absolute Gasteiger partial charge is 0.346 e. The molecule has 0 radical (unpaired) electrons. The molecule has 4 nitrogen and oxygen atoms in total. The first-order chi connectivity index (χ1) is 5.94. The Morgan fingerprint density at radius 3 is 2.62 bits per heavy atom. The fourth-order valence-electron chi connectivity index (χ4n) is 1.60. The van der Waals surface area contributed by atoms with Crippen LogP contribution in [0.15, 0.2) is 0 Å². The van der Waals surface area contributed by atoms with E-state index < -0.39 is 23.5 Å². The molecule has 0 spiro atoms. The summed E-state index contributed by atoms with van der Waals surface area (Å²) in [5.74, 6) is -1.41. The topological polar surface area (TPSA) is 63.6 Å². The fourth-order valence-corrected chi connectivity index (χ4v) is 1.60. The molecule has 1 fully saturated rings. The van der Waals surface area contributed by atoms with E-state index in [1.165, 1.54) is 0 Å². The standard InChI is InChI=1S/C9H14O4/c1-4-5(2)9(3)6(7(10)11)13-8(9)12/h5-6H,4H2,1-3H3,(H,10,11)/t5-,6+,9+/m0/s1. The van der Waals surface area contributed by atoms with E-state index in [4.69, 9.17) is 5.11 Å². The normalized spacial score (nSPS) is 34.7. The SMILES string of the molecule is CC[C@H](C)[C@@]1(C)C(=O)O[C@@H]1C(=O)O. The van der Waals surface area contributed by atoms with Crippen LogP contribution in [0.5, 0.6) is 0 Å². The van der Waals surface area contributed by atoms with Crippen molar-refractivity contribution in [2.24, 2.45) is 11.3 Å². The van der Waals surface area contributed by atoms with Crippen molar-refractivity contribution in [3.63, 3.8) is 0 Å². The van der Waals surface area contributed by atoms with Gasteiger partial charge in [-0.1, -0.05) is 20.3 Å². The van der Waals surface area contributed by atoms with Crippen LogP contribution in [0, 0.1) is 11.3 Å². The zero-order valence-electron chi connectivity index (χ0n) is 8.03. The van der Waals surface area contributed by atoms with E-state index in [9.17, 15) is 9.59 Å². The first-order valence-corrected chi connectivity index (χ1v) is 4.38. The molecule has 1 aliphatic heterocycles. The lowest BCUT2D eigenvalue weighted by Crippen LogP contribution is -2.61. The molecule has 0 bridgehead atoms. The number of rotatable bonds is 3. The molecule has 4 heteroatoms. The quantitative estimate of drug-likeness (QED) is 0.669. The molecular formula is C9H14O4. The molecule has 0 aromatic carbocycles. The Kier molecular flexibility index (Phi) is 2.32. The van der Waals surface area contributed by atoms with Crippen LogP contribution < -0.4 is 0 Å². The van der Waals surface area contributed by atoms with Gasteiger partial charge in [-0.2, -0.15) is 0 Å². The molecule has 13 heavy (non-hydrogen) atoms. The van der Waals surface area contributed by atoms with Crippen molar-refractivity contribution in [3.8, 4) is 0 Å². The van der Waals surface area contributed by atoms with Gasteiger partial charge in [0.2, 0.25) is 6.10 Å². The number of aliphatic carboxylic acids is 1. The maximum Gasteiger partial charge on any atom is 0.346 e. The van der Waals surface area contributed by atoms with Crippen LogP contribution in [0.2, 0.25) is 0 Å². The predicted molar refractivity (Wildman–Crippen MR) is 45.1 cm³/mol. The van der Waals surface area contributed by atoms with E-state index >= 15 is 0 Å². The number of carbonyl (C=O) groups excluding carboxylic acids is 1. The first kappa shape index (κ1) is 10.0. The zero-order valence-corrected chi connectivity index (χ0v) is 8.03. The van der Waals surface area contributed by atoms with E-state index in [0.717, 1.165) is 6.42 Å². The molecule has 1 heterocycles. The summed E-state index contributed by atoms with van der Waals surface area (Å²) in [5, 5.41) is 8.75. The number of cyclic esters (lactones) is 1. The van der Waals surface area contributed by atoms with Crippen molar-refractivity contribution in [2.45, 2.75) is 33.3 Å². The largest absolute Gasteiger partial charge is 0.478 e. The Hall–Kier alpha value is -1.06. The van der Waals surface area contributed by atoms with E-state index in [2.05, 4.69) is 4.74 Å². The number of carboxylic acid groups (broad SMARTS) is 1. The highest BCUT2D eigenvalue weighted by molar-refractivity contribution is 5.93. The third kappa shape index (κ3) is 1.20. The molecule has 1 rings (SSSR count). The Morgan fingerprint density at radius 1 is 1.77 bits per heavy atom. The van der Waals surface area contributed by atoms with Crippen molar-refractivity contribution in [3.05, 3.63) is 0 Å². The number of ether oxygens (including phenoxy) is 1. The van der Waals surface area contributed by atoms with E-state index in [1.807, 2.05) is 13.8 Å². The molecule has 74 valence electrons. The van der Waals surface area contributed by atoms with Gasteiger partial charge in [0, 0.05) is 0 Å². The van der Waals surface area contributed by atoms with Gasteiger partial charge in [-0.25, -0.2) is 4.79 Å². The number of carbonyl (C=O) groups is 2. The monoisotopic (exact) mass is 186 g/mol. The van der Waals surface area contributed by atoms with Gasteiger partial charge >= 0.3 is 11.9 Å². The van der Waals surface area contributed by atoms with Gasteiger partial charge in [-0.05, 0) is 12.8 Å². The summed E-state index contributed by atoms with van der Waals surface area (Å²) in [6.07, 6.45) is -0.190. The van der Waals surface area contributed by atoms with Crippen molar-refractivity contribution in [2.75, 3.05) is 0 Å². The van der Waals surface area contributed by atoms with Crippen LogP contribution in [-0.2, 0) is 14.3 Å². The van der Waals surface area contributed by atoms with E-state index in [0.29, 0.717) is 0 Å². The highest BCUT2D eigenvalue weighted by Gasteiger charge is 2.60. The molecule has 1 aliphatic rings. The minimum atomic E-state index is -1.05. The average molecular weight is 186 g/mol. The Bertz CT molecular complexity index is 248. The first-order valence-electron chi connectivity index (χ1n) is 4.38. The number of hydrogen-bond acceptors (Lipinski definition) is 3. The maximum atomic E-state index is 11.2. The lowest BCUT2D eigenvalue weighted by atomic mass is 9.69. The van der Waals surface area contributed by atoms with Crippen molar-refractivity contribution >= 4 is 11.9 Å². The molecule has 3 atom stereocenters. The molecule has 0 saturated carbocycles. The highest BCUT2D eigenvalue weighted by atomic mass is 16.6. The minimum Gasteiger partial charge on any atom is -0.478 e. The molecule has 1 N–H and O–H groups in total. The third-order valence-corrected chi connectivity index (χ3v) is 3.07. The second-order valence-electron chi connectivity index (χ2n) is 3.72. The highest BCUT2D eigenvalue weighted by Crippen LogP contribution is 2.44. The molecule has 0 aromatic rings. The van der Waals surface area contributed by atoms with E-state index in [1.54, 1.807) is 6.92 Å². The third-order valence-electron chi connectivity index (χ3n) is 3.07. The van der Waals surface area contributed by atoms with Crippen LogP contribution >= 0.6 is 0 Å². The molecule has 0 aromatic heterocycles. The van der Waals surface area contributed by atoms with Gasteiger partial charge in [0.15, 0.2) is 0 Å². The minimum absolute atomic E-state index is 0.0369. The molecular weight excluding hydrogens is 172 g/mol. The summed E-state index contributed by atoms with van der Waals surface area (Å²) in [6.45, 7) is 5.46. The summed E-state index contributed by atoms with van der Waals surface area (Å²) >= 11 is 0. The molecule has 1 saturated heterocycles. The van der Waals surface area contributed by atoms with Crippen molar-refractivity contribution in [1.82, 2.24) is 0 Å². The average Bonchev–Trinajstić information content (AvgIpc) is 2.10. The summed E-state index contributed by atoms with van der Waals surface area (Å²) in [5.41, 5.74) is -0.833. The second kappa shape index (κ2) is 3.01. The second-order valence-corrected chi connectivity index (χ2v) is 3.72. The van der Waals surface area contributed by atoms with Gasteiger partial charge in [0.1, 0.15) is 5.41 Å². The van der Waals surface area contributed by atoms with Crippen molar-refractivity contribution in [1.29, 1.82) is 0 Å². The van der Waals surface area contributed by atoms with Gasteiger partial charge in [-0.3, -0.25) is 4.79 Å². The maximum absolute atomic E-state index is 11.2. The Balaban J connectivity index is 2.85. The number of esters is 1. The Morgan fingerprint density at radius 2 is 2.31 bits per heavy atom. The van der Waals surface area contributed by atoms with Gasteiger partial charge in [-0.15, -0.1) is 0 Å².